The van der Waals surface area contributed by atoms with Gasteiger partial charge < -0.3 is 5.73 Å². The van der Waals surface area contributed by atoms with Crippen LogP contribution in [0.3, 0.4) is 0 Å². The van der Waals surface area contributed by atoms with Gasteiger partial charge in [0.15, 0.2) is 0 Å². The molecule has 90 valence electrons. The Kier molecular flexibility index (Phi) is 2.61. The van der Waals surface area contributed by atoms with Crippen molar-refractivity contribution in [1.29, 1.82) is 0 Å². The maximum atomic E-state index is 6.04. The SMILES string of the molecule is CC(N)c1cccc2[nH]nc(-c3ccccc3)c12. The fourth-order valence-electron chi connectivity index (χ4n) is 2.28. The van der Waals surface area contributed by atoms with E-state index in [4.69, 9.17) is 5.73 Å². The lowest BCUT2D eigenvalue weighted by Crippen LogP contribution is -2.05. The average Bonchev–Trinajstić information content (AvgIpc) is 2.83. The van der Waals surface area contributed by atoms with Crippen LogP contribution in [0.5, 0.6) is 0 Å². The molecule has 0 saturated carbocycles. The first-order valence-electron chi connectivity index (χ1n) is 6.05. The van der Waals surface area contributed by atoms with Crippen LogP contribution in [0.4, 0.5) is 0 Å². The molecule has 3 heteroatoms. The molecule has 1 atom stereocenters. The van der Waals surface area contributed by atoms with E-state index in [9.17, 15) is 0 Å². The number of benzene rings is 2. The smallest absolute Gasteiger partial charge is 0.100 e. The van der Waals surface area contributed by atoms with Crippen molar-refractivity contribution in [3.05, 3.63) is 54.1 Å². The summed E-state index contributed by atoms with van der Waals surface area (Å²) in [6.07, 6.45) is 0. The van der Waals surface area contributed by atoms with Gasteiger partial charge in [-0.3, -0.25) is 5.10 Å². The fourth-order valence-corrected chi connectivity index (χ4v) is 2.28. The number of nitrogens with one attached hydrogen (secondary N) is 1. The lowest BCUT2D eigenvalue weighted by atomic mass is 9.99. The van der Waals surface area contributed by atoms with Crippen LogP contribution in [-0.4, -0.2) is 10.2 Å². The number of H-pyrrole nitrogens is 1. The summed E-state index contributed by atoms with van der Waals surface area (Å²) in [6.45, 7) is 2.00. The standard InChI is InChI=1S/C15H15N3/c1-10(16)12-8-5-9-13-14(12)15(18-17-13)11-6-3-2-4-7-11/h2-10H,16H2,1H3,(H,17,18). The number of nitrogens with zero attached hydrogens (tertiary/aromatic N) is 1. The third kappa shape index (κ3) is 1.69. The molecule has 3 aromatic rings. The first-order valence-corrected chi connectivity index (χ1v) is 6.05. The highest BCUT2D eigenvalue weighted by Gasteiger charge is 2.13. The summed E-state index contributed by atoms with van der Waals surface area (Å²) in [5.41, 5.74) is 10.3. The van der Waals surface area contributed by atoms with Gasteiger partial charge in [-0.25, -0.2) is 0 Å². The molecule has 0 aliphatic carbocycles. The zero-order valence-electron chi connectivity index (χ0n) is 10.2. The summed E-state index contributed by atoms with van der Waals surface area (Å²) >= 11 is 0. The number of rotatable bonds is 2. The zero-order valence-corrected chi connectivity index (χ0v) is 10.2. The molecule has 1 aromatic heterocycles. The highest BCUT2D eigenvalue weighted by Crippen LogP contribution is 2.31. The average molecular weight is 237 g/mol. The van der Waals surface area contributed by atoms with Gasteiger partial charge in [-0.05, 0) is 18.6 Å². The molecule has 0 radical (unpaired) electrons. The van der Waals surface area contributed by atoms with Gasteiger partial charge in [0.1, 0.15) is 5.69 Å². The van der Waals surface area contributed by atoms with Gasteiger partial charge in [-0.15, -0.1) is 0 Å². The minimum Gasteiger partial charge on any atom is -0.324 e. The van der Waals surface area contributed by atoms with Crippen molar-refractivity contribution < 1.29 is 0 Å². The number of nitrogens with two attached hydrogens (primary N) is 1. The minimum atomic E-state index is -0.00578. The van der Waals surface area contributed by atoms with Gasteiger partial charge in [0.05, 0.1) is 5.52 Å². The summed E-state index contributed by atoms with van der Waals surface area (Å²) in [6, 6.07) is 16.3. The predicted molar refractivity (Wildman–Crippen MR) is 74.1 cm³/mol. The van der Waals surface area contributed by atoms with Gasteiger partial charge in [0.25, 0.3) is 0 Å². The third-order valence-corrected chi connectivity index (χ3v) is 3.16. The van der Waals surface area contributed by atoms with Crippen LogP contribution in [0.25, 0.3) is 22.2 Å². The van der Waals surface area contributed by atoms with Gasteiger partial charge in [0.2, 0.25) is 0 Å². The van der Waals surface area contributed by atoms with Gasteiger partial charge >= 0.3 is 0 Å². The van der Waals surface area contributed by atoms with Crippen molar-refractivity contribution in [3.63, 3.8) is 0 Å². The third-order valence-electron chi connectivity index (χ3n) is 3.16. The number of hydrogen-bond acceptors (Lipinski definition) is 2. The molecule has 3 rings (SSSR count). The van der Waals surface area contributed by atoms with Crippen LogP contribution in [-0.2, 0) is 0 Å². The summed E-state index contributed by atoms with van der Waals surface area (Å²) in [5, 5.41) is 8.63. The molecule has 1 unspecified atom stereocenters. The van der Waals surface area contributed by atoms with Gasteiger partial charge in [-0.1, -0.05) is 42.5 Å². The lowest BCUT2D eigenvalue weighted by Gasteiger charge is -2.08. The molecule has 0 bridgehead atoms. The summed E-state index contributed by atoms with van der Waals surface area (Å²) in [4.78, 5) is 0. The highest BCUT2D eigenvalue weighted by molar-refractivity contribution is 5.95. The molecule has 1 heterocycles. The number of fused-ring (bicyclic) bond motifs is 1. The fraction of sp³-hybridized carbons (Fsp3) is 0.133. The Balaban J connectivity index is 2.31. The Labute approximate surface area is 106 Å². The molecular weight excluding hydrogens is 222 g/mol. The Morgan fingerprint density at radius 2 is 1.83 bits per heavy atom. The summed E-state index contributed by atoms with van der Waals surface area (Å²) < 4.78 is 0. The zero-order chi connectivity index (χ0) is 12.5. The molecule has 0 aliphatic heterocycles. The first kappa shape index (κ1) is 11.0. The molecule has 0 spiro atoms. The van der Waals surface area contributed by atoms with E-state index in [-0.39, 0.29) is 6.04 Å². The van der Waals surface area contributed by atoms with Crippen LogP contribution in [0.15, 0.2) is 48.5 Å². The normalized spacial score (nSPS) is 12.8. The molecule has 18 heavy (non-hydrogen) atoms. The Bertz CT molecular complexity index is 669. The first-order chi connectivity index (χ1) is 8.77. The molecular formula is C15H15N3. The van der Waals surface area contributed by atoms with Crippen molar-refractivity contribution in [2.24, 2.45) is 5.73 Å². The van der Waals surface area contributed by atoms with Crippen LogP contribution in [0.2, 0.25) is 0 Å². The number of hydrogen-bond donors (Lipinski definition) is 2. The number of aromatic nitrogens is 2. The van der Waals surface area contributed by atoms with E-state index in [0.717, 1.165) is 27.7 Å². The lowest BCUT2D eigenvalue weighted by molar-refractivity contribution is 0.827. The van der Waals surface area contributed by atoms with E-state index < -0.39 is 0 Å². The van der Waals surface area contributed by atoms with Crippen LogP contribution in [0, 0.1) is 0 Å². The second-order valence-electron chi connectivity index (χ2n) is 4.50. The van der Waals surface area contributed by atoms with E-state index in [1.54, 1.807) is 0 Å². The number of aromatic amines is 1. The Morgan fingerprint density at radius 1 is 1.06 bits per heavy atom. The van der Waals surface area contributed by atoms with Crippen molar-refractivity contribution in [1.82, 2.24) is 10.2 Å². The van der Waals surface area contributed by atoms with Crippen molar-refractivity contribution in [3.8, 4) is 11.3 Å². The summed E-state index contributed by atoms with van der Waals surface area (Å²) in [7, 11) is 0. The van der Waals surface area contributed by atoms with Gasteiger partial charge in [0, 0.05) is 17.0 Å². The maximum Gasteiger partial charge on any atom is 0.100 e. The molecule has 3 N–H and O–H groups in total. The molecule has 0 aliphatic rings. The van der Waals surface area contributed by atoms with E-state index >= 15 is 0 Å². The molecule has 0 amide bonds. The Morgan fingerprint density at radius 3 is 2.56 bits per heavy atom. The van der Waals surface area contributed by atoms with Crippen molar-refractivity contribution in [2.75, 3.05) is 0 Å². The van der Waals surface area contributed by atoms with Crippen LogP contribution < -0.4 is 5.73 Å². The van der Waals surface area contributed by atoms with Gasteiger partial charge in [-0.2, -0.15) is 5.10 Å². The molecule has 0 saturated heterocycles. The van der Waals surface area contributed by atoms with Crippen LogP contribution >= 0.6 is 0 Å². The highest BCUT2D eigenvalue weighted by atomic mass is 15.1. The minimum absolute atomic E-state index is 0.00578. The Hall–Kier alpha value is -2.13. The van der Waals surface area contributed by atoms with E-state index in [0.29, 0.717) is 0 Å². The summed E-state index contributed by atoms with van der Waals surface area (Å²) in [5.74, 6) is 0. The monoisotopic (exact) mass is 237 g/mol. The maximum absolute atomic E-state index is 6.04. The van der Waals surface area contributed by atoms with E-state index in [2.05, 4.69) is 28.4 Å². The second-order valence-corrected chi connectivity index (χ2v) is 4.50. The molecule has 0 fully saturated rings. The van der Waals surface area contributed by atoms with E-state index in [1.807, 2.05) is 37.3 Å². The predicted octanol–water partition coefficient (Wildman–Crippen LogP) is 3.25. The molecule has 3 nitrogen and oxygen atoms in total. The quantitative estimate of drug-likeness (QED) is 0.718. The van der Waals surface area contributed by atoms with E-state index in [1.165, 1.54) is 0 Å². The van der Waals surface area contributed by atoms with Crippen LogP contribution in [0.1, 0.15) is 18.5 Å². The molecule has 2 aromatic carbocycles. The second kappa shape index (κ2) is 4.27. The van der Waals surface area contributed by atoms with Crippen molar-refractivity contribution >= 4 is 10.9 Å². The largest absolute Gasteiger partial charge is 0.324 e. The van der Waals surface area contributed by atoms with Crippen molar-refractivity contribution in [2.45, 2.75) is 13.0 Å². The topological polar surface area (TPSA) is 54.7 Å².